The summed E-state index contributed by atoms with van der Waals surface area (Å²) in [5, 5.41) is 5.91. The van der Waals surface area contributed by atoms with Crippen molar-refractivity contribution in [1.82, 2.24) is 10.3 Å². The highest BCUT2D eigenvalue weighted by Crippen LogP contribution is 2.08. The molecule has 1 heterocycles. The first-order valence-electron chi connectivity index (χ1n) is 7.02. The molecule has 0 saturated carbocycles. The predicted molar refractivity (Wildman–Crippen MR) is 85.4 cm³/mol. The molecule has 0 aliphatic heterocycles. The fourth-order valence-corrected chi connectivity index (χ4v) is 1.92. The molecule has 2 N–H and O–H groups in total. The van der Waals surface area contributed by atoms with Crippen LogP contribution in [0.5, 0.6) is 0 Å². The van der Waals surface area contributed by atoms with Crippen molar-refractivity contribution in [2.45, 2.75) is 6.42 Å². The molecular weight excluding hydrogens is 281 g/mol. The third-order valence-corrected chi connectivity index (χ3v) is 3.06. The lowest BCUT2D eigenvalue weighted by Crippen LogP contribution is -2.26. The molecule has 1 aromatic heterocycles. The Bertz CT molecular complexity index is 641. The highest BCUT2D eigenvalue weighted by Gasteiger charge is 2.07. The van der Waals surface area contributed by atoms with Gasteiger partial charge in [0.25, 0.3) is 5.91 Å². The number of benzene rings is 1. The Morgan fingerprint density at radius 3 is 2.77 bits per heavy atom. The number of nitrogens with one attached hydrogen (secondary N) is 2. The lowest BCUT2D eigenvalue weighted by atomic mass is 10.1. The molecule has 114 valence electrons. The van der Waals surface area contributed by atoms with E-state index in [2.05, 4.69) is 22.2 Å². The van der Waals surface area contributed by atoms with Crippen LogP contribution in [-0.4, -0.2) is 24.0 Å². The minimum absolute atomic E-state index is 0.232. The fourth-order valence-electron chi connectivity index (χ4n) is 1.92. The van der Waals surface area contributed by atoms with E-state index in [1.54, 1.807) is 36.5 Å². The van der Waals surface area contributed by atoms with E-state index < -0.39 is 0 Å². The first-order valence-corrected chi connectivity index (χ1v) is 7.02. The van der Waals surface area contributed by atoms with Crippen LogP contribution >= 0.6 is 0 Å². The molecule has 1 amide bonds. The molecule has 0 fully saturated rings. The summed E-state index contributed by atoms with van der Waals surface area (Å²) in [6.45, 7) is 4.72. The second-order valence-electron chi connectivity index (χ2n) is 4.73. The molecule has 0 bridgehead atoms. The number of hydrogen-bond acceptors (Lipinski definition) is 3. The van der Waals surface area contributed by atoms with Crippen LogP contribution in [0.25, 0.3) is 0 Å². The number of carbonyl (C=O) groups is 1. The minimum atomic E-state index is -0.263. The van der Waals surface area contributed by atoms with E-state index >= 15 is 0 Å². The molecule has 2 rings (SSSR count). The number of pyridine rings is 1. The quantitative estimate of drug-likeness (QED) is 0.773. The van der Waals surface area contributed by atoms with Crippen molar-refractivity contribution < 1.29 is 9.18 Å². The number of aromatic nitrogens is 1. The molecule has 2 aromatic rings. The van der Waals surface area contributed by atoms with Crippen molar-refractivity contribution in [3.63, 3.8) is 0 Å². The van der Waals surface area contributed by atoms with Gasteiger partial charge in [-0.25, -0.2) is 4.39 Å². The van der Waals surface area contributed by atoms with Crippen LogP contribution in [-0.2, 0) is 6.42 Å². The molecule has 5 heteroatoms. The van der Waals surface area contributed by atoms with Crippen molar-refractivity contribution in [3.05, 3.63) is 72.3 Å². The molecule has 4 nitrogen and oxygen atoms in total. The molecule has 0 aliphatic rings. The Morgan fingerprint density at radius 1 is 1.27 bits per heavy atom. The van der Waals surface area contributed by atoms with Gasteiger partial charge in [0.2, 0.25) is 0 Å². The third-order valence-electron chi connectivity index (χ3n) is 3.06. The Hall–Kier alpha value is -2.69. The molecule has 0 spiro atoms. The molecule has 0 aliphatic carbocycles. The SMILES string of the molecule is C=CCNc1ccnc(C(=O)NCCc2ccc(F)cc2)c1. The first-order chi connectivity index (χ1) is 10.7. The minimum Gasteiger partial charge on any atom is -0.381 e. The van der Waals surface area contributed by atoms with Crippen molar-refractivity contribution in [1.29, 1.82) is 0 Å². The monoisotopic (exact) mass is 299 g/mol. The Kier molecular flexibility index (Phi) is 5.65. The summed E-state index contributed by atoms with van der Waals surface area (Å²) in [5.41, 5.74) is 2.14. The van der Waals surface area contributed by atoms with Crippen molar-refractivity contribution in [2.75, 3.05) is 18.4 Å². The van der Waals surface area contributed by atoms with Gasteiger partial charge in [-0.3, -0.25) is 9.78 Å². The highest BCUT2D eigenvalue weighted by atomic mass is 19.1. The summed E-state index contributed by atoms with van der Waals surface area (Å²) in [6.07, 6.45) is 3.96. The van der Waals surface area contributed by atoms with Crippen LogP contribution in [0.3, 0.4) is 0 Å². The summed E-state index contributed by atoms with van der Waals surface area (Å²) in [6, 6.07) is 9.72. The van der Waals surface area contributed by atoms with E-state index in [9.17, 15) is 9.18 Å². The molecule has 1 aromatic carbocycles. The number of halogens is 1. The number of carbonyl (C=O) groups excluding carboxylic acids is 1. The highest BCUT2D eigenvalue weighted by molar-refractivity contribution is 5.93. The predicted octanol–water partition coefficient (Wildman–Crippen LogP) is 2.79. The zero-order chi connectivity index (χ0) is 15.8. The average Bonchev–Trinajstić information content (AvgIpc) is 2.55. The van der Waals surface area contributed by atoms with Gasteiger partial charge in [0.05, 0.1) is 0 Å². The lowest BCUT2D eigenvalue weighted by molar-refractivity contribution is 0.0949. The number of nitrogens with zero attached hydrogens (tertiary/aromatic N) is 1. The second-order valence-corrected chi connectivity index (χ2v) is 4.73. The van der Waals surface area contributed by atoms with Crippen LogP contribution in [0.4, 0.5) is 10.1 Å². The number of amides is 1. The maximum Gasteiger partial charge on any atom is 0.269 e. The summed E-state index contributed by atoms with van der Waals surface area (Å²) in [5.74, 6) is -0.495. The van der Waals surface area contributed by atoms with Crippen molar-refractivity contribution >= 4 is 11.6 Å². The van der Waals surface area contributed by atoms with Crippen LogP contribution in [0.2, 0.25) is 0 Å². The largest absolute Gasteiger partial charge is 0.381 e. The number of rotatable bonds is 7. The summed E-state index contributed by atoms with van der Waals surface area (Å²) in [4.78, 5) is 16.1. The first kappa shape index (κ1) is 15.7. The zero-order valence-corrected chi connectivity index (χ0v) is 12.2. The van der Waals surface area contributed by atoms with Gasteiger partial charge in [-0.15, -0.1) is 6.58 Å². The smallest absolute Gasteiger partial charge is 0.269 e. The van der Waals surface area contributed by atoms with E-state index in [0.29, 0.717) is 25.2 Å². The van der Waals surface area contributed by atoms with Crippen LogP contribution in [0, 0.1) is 5.82 Å². The van der Waals surface area contributed by atoms with E-state index in [0.717, 1.165) is 11.3 Å². The van der Waals surface area contributed by atoms with E-state index in [4.69, 9.17) is 0 Å². The molecule has 0 saturated heterocycles. The standard InChI is InChI=1S/C17H18FN3O/c1-2-9-19-15-8-11-20-16(12-15)17(22)21-10-7-13-3-5-14(18)6-4-13/h2-6,8,11-12H,1,7,9-10H2,(H,19,20)(H,21,22). The topological polar surface area (TPSA) is 54.0 Å². The molecular formula is C17H18FN3O. The summed E-state index contributed by atoms with van der Waals surface area (Å²) in [7, 11) is 0. The maximum atomic E-state index is 12.8. The molecule has 0 atom stereocenters. The van der Waals surface area contributed by atoms with Crippen molar-refractivity contribution in [3.8, 4) is 0 Å². The molecule has 0 radical (unpaired) electrons. The van der Waals surface area contributed by atoms with Crippen LogP contribution < -0.4 is 10.6 Å². The van der Waals surface area contributed by atoms with Gasteiger partial charge < -0.3 is 10.6 Å². The van der Waals surface area contributed by atoms with Crippen LogP contribution in [0.1, 0.15) is 16.1 Å². The average molecular weight is 299 g/mol. The zero-order valence-electron chi connectivity index (χ0n) is 12.2. The van der Waals surface area contributed by atoms with Crippen LogP contribution in [0.15, 0.2) is 55.3 Å². The Morgan fingerprint density at radius 2 is 2.05 bits per heavy atom. The van der Waals surface area contributed by atoms with Gasteiger partial charge >= 0.3 is 0 Å². The molecule has 0 unspecified atom stereocenters. The fraction of sp³-hybridized carbons (Fsp3) is 0.176. The third kappa shape index (κ3) is 4.70. The van der Waals surface area contributed by atoms with Gasteiger partial charge in [0.1, 0.15) is 11.5 Å². The Labute approximate surface area is 129 Å². The van der Waals surface area contributed by atoms with E-state index in [-0.39, 0.29) is 11.7 Å². The second kappa shape index (κ2) is 7.93. The Balaban J connectivity index is 1.86. The van der Waals surface area contributed by atoms with E-state index in [1.807, 2.05) is 0 Å². The van der Waals surface area contributed by atoms with Gasteiger partial charge in [-0.2, -0.15) is 0 Å². The number of hydrogen-bond donors (Lipinski definition) is 2. The van der Waals surface area contributed by atoms with Crippen molar-refractivity contribution in [2.24, 2.45) is 0 Å². The van der Waals surface area contributed by atoms with Gasteiger partial charge in [0, 0.05) is 25.0 Å². The van der Waals surface area contributed by atoms with Gasteiger partial charge in [-0.1, -0.05) is 18.2 Å². The van der Waals surface area contributed by atoms with E-state index in [1.165, 1.54) is 12.1 Å². The summed E-state index contributed by atoms with van der Waals surface area (Å²) < 4.78 is 12.8. The van der Waals surface area contributed by atoms with Gasteiger partial charge in [-0.05, 0) is 36.2 Å². The summed E-state index contributed by atoms with van der Waals surface area (Å²) >= 11 is 0. The maximum absolute atomic E-state index is 12.8. The normalized spacial score (nSPS) is 10.0. The lowest BCUT2D eigenvalue weighted by Gasteiger charge is -2.07. The number of anilines is 1. The molecule has 22 heavy (non-hydrogen) atoms. The van der Waals surface area contributed by atoms with Gasteiger partial charge in [0.15, 0.2) is 0 Å².